The van der Waals surface area contributed by atoms with E-state index in [0.717, 1.165) is 4.88 Å². The molecule has 2 heterocycles. The lowest BCUT2D eigenvalue weighted by atomic mass is 10.1. The van der Waals surface area contributed by atoms with Crippen molar-refractivity contribution in [2.75, 3.05) is 0 Å². The molecule has 0 saturated carbocycles. The predicted molar refractivity (Wildman–Crippen MR) is 65.7 cm³/mol. The molecule has 90 valence electrons. The van der Waals surface area contributed by atoms with Crippen molar-refractivity contribution in [3.63, 3.8) is 0 Å². The highest BCUT2D eigenvalue weighted by molar-refractivity contribution is 7.10. The fourth-order valence-electron chi connectivity index (χ4n) is 1.58. The van der Waals surface area contributed by atoms with Crippen LogP contribution in [0, 0.1) is 0 Å². The average molecular weight is 250 g/mol. The zero-order chi connectivity index (χ0) is 12.3. The molecule has 5 nitrogen and oxygen atoms in total. The summed E-state index contributed by atoms with van der Waals surface area (Å²) in [4.78, 5) is 16.9. The van der Waals surface area contributed by atoms with E-state index in [1.807, 2.05) is 24.4 Å². The maximum absolute atomic E-state index is 12.0. The third-order valence-corrected chi connectivity index (χ3v) is 3.48. The molecule has 0 saturated heterocycles. The molecule has 0 spiro atoms. The van der Waals surface area contributed by atoms with Gasteiger partial charge >= 0.3 is 0 Å². The lowest BCUT2D eigenvalue weighted by Gasteiger charge is -2.08. The van der Waals surface area contributed by atoms with Crippen LogP contribution in [0.5, 0.6) is 0 Å². The van der Waals surface area contributed by atoms with Gasteiger partial charge in [-0.05, 0) is 18.4 Å². The summed E-state index contributed by atoms with van der Waals surface area (Å²) in [5, 5.41) is 5.94. The SMILES string of the molecule is CCn1ncnc1CC(=O)C(N)c1cccs1. The standard InChI is InChI=1S/C11H14N4OS/c1-2-15-10(13-7-14-15)6-8(16)11(12)9-4-3-5-17-9/h3-5,7,11H,2,6,12H2,1H3. The van der Waals surface area contributed by atoms with Crippen molar-refractivity contribution in [2.45, 2.75) is 25.9 Å². The maximum atomic E-state index is 12.0. The van der Waals surface area contributed by atoms with Crippen LogP contribution in [0.1, 0.15) is 23.7 Å². The van der Waals surface area contributed by atoms with E-state index in [4.69, 9.17) is 5.73 Å². The first-order valence-corrected chi connectivity index (χ1v) is 6.28. The number of nitrogens with zero attached hydrogens (tertiary/aromatic N) is 3. The minimum absolute atomic E-state index is 0.0323. The van der Waals surface area contributed by atoms with Crippen LogP contribution in [-0.4, -0.2) is 20.5 Å². The quantitative estimate of drug-likeness (QED) is 0.864. The fraction of sp³-hybridized carbons (Fsp3) is 0.364. The van der Waals surface area contributed by atoms with E-state index in [1.165, 1.54) is 17.7 Å². The highest BCUT2D eigenvalue weighted by atomic mass is 32.1. The number of hydrogen-bond donors (Lipinski definition) is 1. The van der Waals surface area contributed by atoms with Crippen LogP contribution in [0.4, 0.5) is 0 Å². The molecule has 2 rings (SSSR count). The summed E-state index contributed by atoms with van der Waals surface area (Å²) in [5.74, 6) is 0.639. The van der Waals surface area contributed by atoms with E-state index in [-0.39, 0.29) is 12.2 Å². The first-order chi connectivity index (χ1) is 8.22. The molecule has 17 heavy (non-hydrogen) atoms. The predicted octanol–water partition coefficient (Wildman–Crippen LogP) is 1.17. The van der Waals surface area contributed by atoms with Crippen molar-refractivity contribution in [1.82, 2.24) is 14.8 Å². The van der Waals surface area contributed by atoms with Crippen molar-refractivity contribution in [3.8, 4) is 0 Å². The number of carbonyl (C=O) groups is 1. The van der Waals surface area contributed by atoms with E-state index in [9.17, 15) is 4.79 Å². The van der Waals surface area contributed by atoms with Gasteiger partial charge in [0.05, 0.1) is 12.5 Å². The zero-order valence-corrected chi connectivity index (χ0v) is 10.4. The Bertz CT molecular complexity index is 491. The van der Waals surface area contributed by atoms with Gasteiger partial charge in [0, 0.05) is 11.4 Å². The third-order valence-electron chi connectivity index (χ3n) is 2.52. The summed E-state index contributed by atoms with van der Waals surface area (Å²) in [6.45, 7) is 2.67. The zero-order valence-electron chi connectivity index (χ0n) is 9.54. The summed E-state index contributed by atoms with van der Waals surface area (Å²) in [6, 6.07) is 3.21. The van der Waals surface area contributed by atoms with Gasteiger partial charge in [-0.3, -0.25) is 4.79 Å². The number of nitrogens with two attached hydrogens (primary N) is 1. The minimum Gasteiger partial charge on any atom is -0.317 e. The Morgan fingerprint density at radius 1 is 1.65 bits per heavy atom. The van der Waals surface area contributed by atoms with Gasteiger partial charge in [-0.2, -0.15) is 5.10 Å². The van der Waals surface area contributed by atoms with Crippen molar-refractivity contribution >= 4 is 17.1 Å². The number of hydrogen-bond acceptors (Lipinski definition) is 5. The molecule has 6 heteroatoms. The number of ketones is 1. The average Bonchev–Trinajstić information content (AvgIpc) is 2.98. The van der Waals surface area contributed by atoms with E-state index < -0.39 is 6.04 Å². The monoisotopic (exact) mass is 250 g/mol. The Balaban J connectivity index is 2.07. The number of thiophene rings is 1. The van der Waals surface area contributed by atoms with Gasteiger partial charge in [0.25, 0.3) is 0 Å². The molecular formula is C11H14N4OS. The lowest BCUT2D eigenvalue weighted by Crippen LogP contribution is -2.23. The van der Waals surface area contributed by atoms with Crippen LogP contribution in [0.15, 0.2) is 23.8 Å². The second-order valence-corrected chi connectivity index (χ2v) is 4.61. The van der Waals surface area contributed by atoms with Crippen LogP contribution < -0.4 is 5.73 Å². The van der Waals surface area contributed by atoms with Crippen LogP contribution in [-0.2, 0) is 17.8 Å². The Kier molecular flexibility index (Phi) is 3.65. The summed E-state index contributed by atoms with van der Waals surface area (Å²) < 4.78 is 1.71. The topological polar surface area (TPSA) is 73.8 Å². The van der Waals surface area contributed by atoms with Crippen molar-refractivity contribution in [3.05, 3.63) is 34.5 Å². The fourth-order valence-corrected chi connectivity index (χ4v) is 2.33. The van der Waals surface area contributed by atoms with E-state index in [1.54, 1.807) is 4.68 Å². The molecule has 0 aliphatic heterocycles. The van der Waals surface area contributed by atoms with Gasteiger partial charge in [0.2, 0.25) is 0 Å². The van der Waals surface area contributed by atoms with Gasteiger partial charge < -0.3 is 5.73 Å². The molecule has 0 bridgehead atoms. The van der Waals surface area contributed by atoms with Crippen LogP contribution >= 0.6 is 11.3 Å². The van der Waals surface area contributed by atoms with Crippen molar-refractivity contribution in [2.24, 2.45) is 5.73 Å². The summed E-state index contributed by atoms with van der Waals surface area (Å²) >= 11 is 1.49. The second kappa shape index (κ2) is 5.20. The van der Waals surface area contributed by atoms with Gasteiger partial charge in [0.15, 0.2) is 5.78 Å². The first-order valence-electron chi connectivity index (χ1n) is 5.40. The van der Waals surface area contributed by atoms with E-state index >= 15 is 0 Å². The Hall–Kier alpha value is -1.53. The maximum Gasteiger partial charge on any atom is 0.162 e. The van der Waals surface area contributed by atoms with Crippen LogP contribution in [0.3, 0.4) is 0 Å². The molecule has 1 unspecified atom stereocenters. The van der Waals surface area contributed by atoms with Gasteiger partial charge in [0.1, 0.15) is 12.2 Å². The molecule has 0 fully saturated rings. The number of aryl methyl sites for hydroxylation is 1. The third kappa shape index (κ3) is 2.59. The van der Waals surface area contributed by atoms with E-state index in [2.05, 4.69) is 10.1 Å². The summed E-state index contributed by atoms with van der Waals surface area (Å²) in [5.41, 5.74) is 5.89. The molecule has 0 radical (unpaired) electrons. The molecule has 0 aliphatic carbocycles. The summed E-state index contributed by atoms with van der Waals surface area (Å²) in [7, 11) is 0. The Labute approximate surface area is 103 Å². The number of Topliss-reactive ketones (excluding diaryl/α,β-unsaturated/α-hetero) is 1. The molecule has 0 aromatic carbocycles. The smallest absolute Gasteiger partial charge is 0.162 e. The molecule has 1 atom stereocenters. The normalized spacial score (nSPS) is 12.6. The molecule has 0 amide bonds. The minimum atomic E-state index is -0.558. The Morgan fingerprint density at radius 2 is 2.47 bits per heavy atom. The second-order valence-electron chi connectivity index (χ2n) is 3.63. The molecule has 2 aromatic rings. The largest absolute Gasteiger partial charge is 0.317 e. The van der Waals surface area contributed by atoms with Gasteiger partial charge in [-0.1, -0.05) is 6.07 Å². The highest BCUT2D eigenvalue weighted by Crippen LogP contribution is 2.18. The van der Waals surface area contributed by atoms with Crippen LogP contribution in [0.25, 0.3) is 0 Å². The van der Waals surface area contributed by atoms with E-state index in [0.29, 0.717) is 12.4 Å². The number of rotatable bonds is 5. The van der Waals surface area contributed by atoms with Crippen molar-refractivity contribution < 1.29 is 4.79 Å². The van der Waals surface area contributed by atoms with Gasteiger partial charge in [-0.25, -0.2) is 9.67 Å². The van der Waals surface area contributed by atoms with Gasteiger partial charge in [-0.15, -0.1) is 11.3 Å². The first kappa shape index (κ1) is 11.9. The number of carbonyl (C=O) groups excluding carboxylic acids is 1. The molecule has 2 N–H and O–H groups in total. The molecule has 0 aliphatic rings. The van der Waals surface area contributed by atoms with Crippen molar-refractivity contribution in [1.29, 1.82) is 0 Å². The Morgan fingerprint density at radius 3 is 3.12 bits per heavy atom. The molecular weight excluding hydrogens is 236 g/mol. The lowest BCUT2D eigenvalue weighted by molar-refractivity contribution is -0.119. The summed E-state index contributed by atoms with van der Waals surface area (Å²) in [6.07, 6.45) is 1.69. The number of aromatic nitrogens is 3. The molecule has 2 aromatic heterocycles. The van der Waals surface area contributed by atoms with Crippen LogP contribution in [0.2, 0.25) is 0 Å². The highest BCUT2D eigenvalue weighted by Gasteiger charge is 2.19.